The Kier molecular flexibility index (Phi) is 7.56. The Morgan fingerprint density at radius 1 is 0.968 bits per heavy atom. The summed E-state index contributed by atoms with van der Waals surface area (Å²) >= 11 is 12.1. The van der Waals surface area contributed by atoms with Crippen molar-refractivity contribution in [2.24, 2.45) is 0 Å². The first kappa shape index (κ1) is 23.1. The Morgan fingerprint density at radius 3 is 2.23 bits per heavy atom. The van der Waals surface area contributed by atoms with Gasteiger partial charge < -0.3 is 10.1 Å². The molecule has 0 spiro atoms. The Labute approximate surface area is 191 Å². The number of hydrogen-bond acceptors (Lipinski definition) is 4. The number of carbonyl (C=O) groups is 1. The summed E-state index contributed by atoms with van der Waals surface area (Å²) in [7, 11) is -2.45. The quantitative estimate of drug-likeness (QED) is 0.502. The molecule has 0 heterocycles. The zero-order valence-electron chi connectivity index (χ0n) is 16.6. The van der Waals surface area contributed by atoms with Crippen LogP contribution in [0, 0.1) is 0 Å². The summed E-state index contributed by atoms with van der Waals surface area (Å²) in [5, 5.41) is 3.52. The van der Waals surface area contributed by atoms with E-state index in [0.717, 1.165) is 4.31 Å². The maximum Gasteiger partial charge on any atom is 0.243 e. The number of methoxy groups -OCH3 is 1. The third-order valence-corrected chi connectivity index (χ3v) is 6.88. The predicted molar refractivity (Wildman–Crippen MR) is 122 cm³/mol. The lowest BCUT2D eigenvalue weighted by Gasteiger charge is -2.22. The van der Waals surface area contributed by atoms with Crippen molar-refractivity contribution < 1.29 is 17.9 Å². The smallest absolute Gasteiger partial charge is 0.243 e. The van der Waals surface area contributed by atoms with Gasteiger partial charge in [-0.2, -0.15) is 4.31 Å². The third kappa shape index (κ3) is 5.98. The molecule has 6 nitrogen and oxygen atoms in total. The van der Waals surface area contributed by atoms with Gasteiger partial charge in [0.25, 0.3) is 0 Å². The lowest BCUT2D eigenvalue weighted by Crippen LogP contribution is -2.37. The Bertz CT molecular complexity index is 1150. The van der Waals surface area contributed by atoms with Crippen LogP contribution < -0.4 is 10.1 Å². The Hall–Kier alpha value is -2.58. The summed E-state index contributed by atoms with van der Waals surface area (Å²) in [6.45, 7) is -0.469. The minimum Gasteiger partial charge on any atom is -0.497 e. The number of sulfonamides is 1. The molecule has 0 aliphatic heterocycles. The summed E-state index contributed by atoms with van der Waals surface area (Å²) in [5.74, 6) is 0.151. The van der Waals surface area contributed by atoms with Gasteiger partial charge in [-0.25, -0.2) is 8.42 Å². The zero-order chi connectivity index (χ0) is 22.4. The van der Waals surface area contributed by atoms with Crippen LogP contribution in [-0.4, -0.2) is 32.3 Å². The van der Waals surface area contributed by atoms with Gasteiger partial charge in [0.15, 0.2) is 0 Å². The van der Waals surface area contributed by atoms with Crippen LogP contribution >= 0.6 is 23.2 Å². The molecule has 0 saturated carbocycles. The van der Waals surface area contributed by atoms with Crippen molar-refractivity contribution >= 4 is 44.8 Å². The lowest BCUT2D eigenvalue weighted by atomic mass is 10.2. The van der Waals surface area contributed by atoms with Gasteiger partial charge in [0.1, 0.15) is 5.75 Å². The van der Waals surface area contributed by atoms with E-state index in [2.05, 4.69) is 5.32 Å². The van der Waals surface area contributed by atoms with Crippen LogP contribution in [0.1, 0.15) is 5.56 Å². The second-order valence-electron chi connectivity index (χ2n) is 6.60. The van der Waals surface area contributed by atoms with E-state index >= 15 is 0 Å². The highest BCUT2D eigenvalue weighted by atomic mass is 35.5. The molecule has 0 radical (unpaired) electrons. The van der Waals surface area contributed by atoms with Gasteiger partial charge in [-0.1, -0.05) is 41.4 Å². The fourth-order valence-corrected chi connectivity index (χ4v) is 4.53. The fraction of sp³-hybridized carbons (Fsp3) is 0.136. The van der Waals surface area contributed by atoms with E-state index in [1.54, 1.807) is 55.6 Å². The second-order valence-corrected chi connectivity index (χ2v) is 9.38. The molecule has 0 fully saturated rings. The SMILES string of the molecule is COc1ccc(NC(=O)CN(Cc2ccccc2Cl)S(=O)(=O)c2ccc(Cl)cc2)cc1. The maximum atomic E-state index is 13.3. The summed E-state index contributed by atoms with van der Waals surface area (Å²) < 4.78 is 32.7. The molecule has 0 unspecified atom stereocenters. The number of nitrogens with one attached hydrogen (secondary N) is 1. The number of halogens is 2. The van der Waals surface area contributed by atoms with Crippen LogP contribution in [-0.2, 0) is 21.4 Å². The normalized spacial score (nSPS) is 11.4. The average molecular weight is 479 g/mol. The first-order valence-electron chi connectivity index (χ1n) is 9.22. The van der Waals surface area contributed by atoms with E-state index in [1.807, 2.05) is 0 Å². The third-order valence-electron chi connectivity index (χ3n) is 4.45. The zero-order valence-corrected chi connectivity index (χ0v) is 18.9. The minimum atomic E-state index is -4.00. The van der Waals surface area contributed by atoms with Crippen molar-refractivity contribution in [1.82, 2.24) is 4.31 Å². The van der Waals surface area contributed by atoms with Crippen LogP contribution in [0.25, 0.3) is 0 Å². The molecular weight excluding hydrogens is 459 g/mol. The molecule has 31 heavy (non-hydrogen) atoms. The molecule has 0 atom stereocenters. The van der Waals surface area contributed by atoms with Gasteiger partial charge in [0.05, 0.1) is 18.6 Å². The van der Waals surface area contributed by atoms with Gasteiger partial charge >= 0.3 is 0 Å². The molecule has 0 bridgehead atoms. The monoisotopic (exact) mass is 478 g/mol. The standard InChI is InChI=1S/C22H20Cl2N2O4S/c1-30-19-10-8-18(9-11-19)25-22(27)15-26(14-16-4-2-3-5-21(16)24)31(28,29)20-12-6-17(23)7-13-20/h2-13H,14-15H2,1H3,(H,25,27). The number of anilines is 1. The summed E-state index contributed by atoms with van der Waals surface area (Å²) in [6, 6.07) is 19.4. The van der Waals surface area contributed by atoms with E-state index < -0.39 is 22.5 Å². The highest BCUT2D eigenvalue weighted by molar-refractivity contribution is 7.89. The van der Waals surface area contributed by atoms with Crippen LogP contribution in [0.4, 0.5) is 5.69 Å². The van der Waals surface area contributed by atoms with Gasteiger partial charge in [-0.05, 0) is 60.2 Å². The van der Waals surface area contributed by atoms with Crippen molar-refractivity contribution in [3.63, 3.8) is 0 Å². The van der Waals surface area contributed by atoms with Crippen LogP contribution in [0.5, 0.6) is 5.75 Å². The van der Waals surface area contributed by atoms with Crippen molar-refractivity contribution in [2.75, 3.05) is 19.0 Å². The van der Waals surface area contributed by atoms with E-state index in [0.29, 0.717) is 27.0 Å². The topological polar surface area (TPSA) is 75.7 Å². The number of ether oxygens (including phenoxy) is 1. The fourth-order valence-electron chi connectivity index (χ4n) is 2.83. The van der Waals surface area contributed by atoms with E-state index in [1.165, 1.54) is 24.3 Å². The number of carbonyl (C=O) groups excluding carboxylic acids is 1. The number of benzene rings is 3. The minimum absolute atomic E-state index is 0.0289. The van der Waals surface area contributed by atoms with Crippen molar-refractivity contribution in [1.29, 1.82) is 0 Å². The number of rotatable bonds is 8. The molecule has 3 rings (SSSR count). The van der Waals surface area contributed by atoms with Crippen molar-refractivity contribution in [3.05, 3.63) is 88.4 Å². The van der Waals surface area contributed by atoms with Gasteiger partial charge in [-0.15, -0.1) is 0 Å². The molecule has 162 valence electrons. The molecule has 1 N–H and O–H groups in total. The molecule has 1 amide bonds. The maximum absolute atomic E-state index is 13.3. The van der Waals surface area contributed by atoms with Gasteiger partial charge in [0.2, 0.25) is 15.9 Å². The Morgan fingerprint density at radius 2 is 1.61 bits per heavy atom. The largest absolute Gasteiger partial charge is 0.497 e. The summed E-state index contributed by atoms with van der Waals surface area (Å²) in [4.78, 5) is 12.7. The van der Waals surface area contributed by atoms with Crippen LogP contribution in [0.15, 0.2) is 77.7 Å². The molecule has 0 aliphatic rings. The number of amides is 1. The number of hydrogen-bond donors (Lipinski definition) is 1. The molecule has 3 aromatic rings. The summed E-state index contributed by atoms with van der Waals surface area (Å²) in [5.41, 5.74) is 1.10. The predicted octanol–water partition coefficient (Wildman–Crippen LogP) is 4.83. The van der Waals surface area contributed by atoms with Gasteiger partial charge in [-0.3, -0.25) is 4.79 Å². The highest BCUT2D eigenvalue weighted by Gasteiger charge is 2.27. The molecule has 0 aliphatic carbocycles. The average Bonchev–Trinajstić information content (AvgIpc) is 2.75. The second kappa shape index (κ2) is 10.2. The summed E-state index contributed by atoms with van der Waals surface area (Å²) in [6.07, 6.45) is 0. The van der Waals surface area contributed by atoms with Crippen molar-refractivity contribution in [3.8, 4) is 5.75 Å². The van der Waals surface area contributed by atoms with Gasteiger partial charge in [0, 0.05) is 22.3 Å². The van der Waals surface area contributed by atoms with Crippen molar-refractivity contribution in [2.45, 2.75) is 11.4 Å². The first-order chi connectivity index (χ1) is 14.8. The Balaban J connectivity index is 1.86. The molecule has 3 aromatic carbocycles. The molecule has 0 saturated heterocycles. The van der Waals surface area contributed by atoms with Crippen LogP contribution in [0.3, 0.4) is 0 Å². The molecule has 0 aromatic heterocycles. The number of nitrogens with zero attached hydrogens (tertiary/aromatic N) is 1. The molecular formula is C22H20Cl2N2O4S. The highest BCUT2D eigenvalue weighted by Crippen LogP contribution is 2.24. The van der Waals surface area contributed by atoms with E-state index in [-0.39, 0.29) is 11.4 Å². The van der Waals surface area contributed by atoms with E-state index in [9.17, 15) is 13.2 Å². The first-order valence-corrected chi connectivity index (χ1v) is 11.4. The lowest BCUT2D eigenvalue weighted by molar-refractivity contribution is -0.116. The van der Waals surface area contributed by atoms with E-state index in [4.69, 9.17) is 27.9 Å². The van der Waals surface area contributed by atoms with Crippen LogP contribution in [0.2, 0.25) is 10.0 Å². The molecule has 9 heteroatoms.